The molecule has 0 aliphatic heterocycles. The van der Waals surface area contributed by atoms with Gasteiger partial charge in [0.05, 0.1) is 11.5 Å². The molecule has 1 aromatic rings. The Labute approximate surface area is 118 Å². The summed E-state index contributed by atoms with van der Waals surface area (Å²) in [5, 5.41) is 13.6. The molecule has 0 saturated carbocycles. The predicted molar refractivity (Wildman–Crippen MR) is 74.3 cm³/mol. The summed E-state index contributed by atoms with van der Waals surface area (Å²) in [7, 11) is -3.75. The Morgan fingerprint density at radius 1 is 1.40 bits per heavy atom. The number of benzene rings is 1. The minimum Gasteiger partial charge on any atom is -0.493 e. The molecule has 1 rings (SSSR count). The van der Waals surface area contributed by atoms with Crippen LogP contribution in [0.15, 0.2) is 23.1 Å². The van der Waals surface area contributed by atoms with Crippen LogP contribution in [0.1, 0.15) is 38.2 Å². The van der Waals surface area contributed by atoms with Crippen molar-refractivity contribution in [3.8, 4) is 5.75 Å². The third-order valence-electron chi connectivity index (χ3n) is 2.72. The zero-order valence-corrected chi connectivity index (χ0v) is 12.3. The Kier molecular flexibility index (Phi) is 5.52. The van der Waals surface area contributed by atoms with E-state index in [2.05, 4.69) is 0 Å². The lowest BCUT2D eigenvalue weighted by atomic mass is 10.0. The summed E-state index contributed by atoms with van der Waals surface area (Å²) in [6.07, 6.45) is 0.427. The standard InChI is InChI=1S/C13H19NO5S/c1-9(2)11-8-10(20(14,17)18)5-6-12(11)19-7-3-4-13(15)16/h5-6,8-9H,3-4,7H2,1-2H3,(H,15,16)(H2,14,17,18). The van der Waals surface area contributed by atoms with Crippen LogP contribution in [0.3, 0.4) is 0 Å². The fourth-order valence-corrected chi connectivity index (χ4v) is 2.24. The van der Waals surface area contributed by atoms with Gasteiger partial charge in [0.2, 0.25) is 10.0 Å². The van der Waals surface area contributed by atoms with Crippen molar-refractivity contribution in [2.45, 2.75) is 37.5 Å². The molecule has 6 nitrogen and oxygen atoms in total. The van der Waals surface area contributed by atoms with Crippen molar-refractivity contribution in [3.05, 3.63) is 23.8 Å². The number of carboxylic acid groups (broad SMARTS) is 1. The first kappa shape index (κ1) is 16.5. The topological polar surface area (TPSA) is 107 Å². The molecule has 0 aromatic heterocycles. The van der Waals surface area contributed by atoms with E-state index in [-0.39, 0.29) is 23.8 Å². The van der Waals surface area contributed by atoms with E-state index in [0.717, 1.165) is 5.56 Å². The number of nitrogens with two attached hydrogens (primary N) is 1. The first-order chi connectivity index (χ1) is 9.21. The van der Waals surface area contributed by atoms with Crippen LogP contribution in [-0.2, 0) is 14.8 Å². The van der Waals surface area contributed by atoms with E-state index < -0.39 is 16.0 Å². The van der Waals surface area contributed by atoms with E-state index >= 15 is 0 Å². The van der Waals surface area contributed by atoms with E-state index in [1.54, 1.807) is 6.07 Å². The summed E-state index contributed by atoms with van der Waals surface area (Å²) in [6.45, 7) is 4.08. The van der Waals surface area contributed by atoms with Gasteiger partial charge in [0.1, 0.15) is 5.75 Å². The molecule has 0 fully saturated rings. The molecule has 0 atom stereocenters. The summed E-state index contributed by atoms with van der Waals surface area (Å²) >= 11 is 0. The molecule has 20 heavy (non-hydrogen) atoms. The summed E-state index contributed by atoms with van der Waals surface area (Å²) in [6, 6.07) is 4.43. The average Bonchev–Trinajstić information content (AvgIpc) is 2.33. The van der Waals surface area contributed by atoms with E-state index in [1.807, 2.05) is 13.8 Å². The zero-order chi connectivity index (χ0) is 15.3. The molecule has 7 heteroatoms. The number of primary sulfonamides is 1. The molecule has 1 aromatic carbocycles. The maximum atomic E-state index is 11.3. The monoisotopic (exact) mass is 301 g/mol. The summed E-state index contributed by atoms with van der Waals surface area (Å²) in [5.74, 6) is -0.258. The Balaban J connectivity index is 2.88. The van der Waals surface area contributed by atoms with Crippen molar-refractivity contribution in [2.24, 2.45) is 5.14 Å². The first-order valence-electron chi connectivity index (χ1n) is 6.23. The van der Waals surface area contributed by atoms with Gasteiger partial charge in [-0.15, -0.1) is 0 Å². The predicted octanol–water partition coefficient (Wildman–Crippen LogP) is 1.70. The molecular formula is C13H19NO5S. The van der Waals surface area contributed by atoms with E-state index in [4.69, 9.17) is 15.0 Å². The molecule has 3 N–H and O–H groups in total. The largest absolute Gasteiger partial charge is 0.493 e. The van der Waals surface area contributed by atoms with Crippen molar-refractivity contribution in [1.29, 1.82) is 0 Å². The van der Waals surface area contributed by atoms with E-state index in [0.29, 0.717) is 12.2 Å². The van der Waals surface area contributed by atoms with Crippen LogP contribution in [0, 0.1) is 0 Å². The second-order valence-corrected chi connectivity index (χ2v) is 6.31. The number of carboxylic acids is 1. The van der Waals surface area contributed by atoms with Crippen molar-refractivity contribution in [1.82, 2.24) is 0 Å². The van der Waals surface area contributed by atoms with Crippen LogP contribution in [-0.4, -0.2) is 26.1 Å². The Hall–Kier alpha value is -1.60. The van der Waals surface area contributed by atoms with Gasteiger partial charge in [-0.2, -0.15) is 0 Å². The van der Waals surface area contributed by atoms with Crippen molar-refractivity contribution >= 4 is 16.0 Å². The Bertz CT molecular complexity index is 580. The van der Waals surface area contributed by atoms with Gasteiger partial charge in [0.15, 0.2) is 0 Å². The van der Waals surface area contributed by atoms with Gasteiger partial charge in [-0.3, -0.25) is 4.79 Å². The lowest BCUT2D eigenvalue weighted by Crippen LogP contribution is -2.13. The van der Waals surface area contributed by atoms with E-state index in [9.17, 15) is 13.2 Å². The third-order valence-corrected chi connectivity index (χ3v) is 3.64. The van der Waals surface area contributed by atoms with Crippen LogP contribution < -0.4 is 9.88 Å². The maximum absolute atomic E-state index is 11.3. The lowest BCUT2D eigenvalue weighted by molar-refractivity contribution is -0.137. The Morgan fingerprint density at radius 3 is 2.55 bits per heavy atom. The highest BCUT2D eigenvalue weighted by Gasteiger charge is 2.14. The number of hydrogen-bond acceptors (Lipinski definition) is 4. The number of carbonyl (C=O) groups is 1. The molecule has 0 unspecified atom stereocenters. The third kappa shape index (κ3) is 4.82. The molecule has 0 saturated heterocycles. The fourth-order valence-electron chi connectivity index (χ4n) is 1.69. The average molecular weight is 301 g/mol. The molecule has 0 amide bonds. The lowest BCUT2D eigenvalue weighted by Gasteiger charge is -2.15. The van der Waals surface area contributed by atoms with Crippen molar-refractivity contribution in [3.63, 3.8) is 0 Å². The SMILES string of the molecule is CC(C)c1cc(S(N)(=O)=O)ccc1OCCCC(=O)O. The van der Waals surface area contributed by atoms with Gasteiger partial charge in [-0.05, 0) is 36.1 Å². The van der Waals surface area contributed by atoms with Gasteiger partial charge in [-0.25, -0.2) is 13.6 Å². The number of rotatable bonds is 7. The summed E-state index contributed by atoms with van der Waals surface area (Å²) in [4.78, 5) is 10.4. The van der Waals surface area contributed by atoms with Crippen LogP contribution >= 0.6 is 0 Å². The quantitative estimate of drug-likeness (QED) is 0.745. The first-order valence-corrected chi connectivity index (χ1v) is 7.77. The highest BCUT2D eigenvalue weighted by atomic mass is 32.2. The summed E-state index contributed by atoms with van der Waals surface area (Å²) < 4.78 is 28.2. The second-order valence-electron chi connectivity index (χ2n) is 4.75. The molecule has 0 bridgehead atoms. The zero-order valence-electron chi connectivity index (χ0n) is 11.5. The Morgan fingerprint density at radius 2 is 2.05 bits per heavy atom. The molecule has 0 heterocycles. The van der Waals surface area contributed by atoms with Crippen LogP contribution in [0.25, 0.3) is 0 Å². The highest BCUT2D eigenvalue weighted by Crippen LogP contribution is 2.29. The van der Waals surface area contributed by atoms with Gasteiger partial charge >= 0.3 is 5.97 Å². The van der Waals surface area contributed by atoms with Gasteiger partial charge in [-0.1, -0.05) is 13.8 Å². The number of hydrogen-bond donors (Lipinski definition) is 2. The molecule has 0 aliphatic carbocycles. The number of sulfonamides is 1. The number of aliphatic carboxylic acids is 1. The van der Waals surface area contributed by atoms with Crippen molar-refractivity contribution < 1.29 is 23.1 Å². The smallest absolute Gasteiger partial charge is 0.303 e. The molecular weight excluding hydrogens is 282 g/mol. The van der Waals surface area contributed by atoms with Gasteiger partial charge in [0, 0.05) is 6.42 Å². The molecule has 0 radical (unpaired) electrons. The minimum atomic E-state index is -3.75. The highest BCUT2D eigenvalue weighted by molar-refractivity contribution is 7.89. The minimum absolute atomic E-state index is 0.0340. The van der Waals surface area contributed by atoms with Crippen LogP contribution in [0.4, 0.5) is 0 Å². The van der Waals surface area contributed by atoms with Crippen LogP contribution in [0.5, 0.6) is 5.75 Å². The van der Waals surface area contributed by atoms with Gasteiger partial charge in [0.25, 0.3) is 0 Å². The normalized spacial score (nSPS) is 11.6. The second kappa shape index (κ2) is 6.71. The van der Waals surface area contributed by atoms with Gasteiger partial charge < -0.3 is 9.84 Å². The maximum Gasteiger partial charge on any atom is 0.303 e. The fraction of sp³-hybridized carbons (Fsp3) is 0.462. The molecule has 0 spiro atoms. The summed E-state index contributed by atoms with van der Waals surface area (Å²) in [5.41, 5.74) is 0.729. The van der Waals surface area contributed by atoms with E-state index in [1.165, 1.54) is 12.1 Å². The number of ether oxygens (including phenoxy) is 1. The van der Waals surface area contributed by atoms with Crippen LogP contribution in [0.2, 0.25) is 0 Å². The molecule has 112 valence electrons. The molecule has 0 aliphatic rings. The van der Waals surface area contributed by atoms with Crippen molar-refractivity contribution in [2.75, 3.05) is 6.61 Å².